The summed E-state index contributed by atoms with van der Waals surface area (Å²) in [7, 11) is 0. The Morgan fingerprint density at radius 3 is 2.57 bits per heavy atom. The first-order chi connectivity index (χ1) is 10.9. The van der Waals surface area contributed by atoms with Crippen LogP contribution in [0.15, 0.2) is 24.3 Å². The quantitative estimate of drug-likeness (QED) is 0.827. The average Bonchev–Trinajstić information content (AvgIpc) is 2.49. The first kappa shape index (κ1) is 17.5. The summed E-state index contributed by atoms with van der Waals surface area (Å²) in [5.74, 6) is -0.371. The Hall–Kier alpha value is -1.83. The highest BCUT2D eigenvalue weighted by atomic mass is 32.2. The number of ether oxygens (including phenoxy) is 1. The Kier molecular flexibility index (Phi) is 5.81. The van der Waals surface area contributed by atoms with Gasteiger partial charge in [0.05, 0.1) is 6.42 Å². The summed E-state index contributed by atoms with van der Waals surface area (Å²) in [6.07, 6.45) is 0.465. The van der Waals surface area contributed by atoms with Gasteiger partial charge in [0.15, 0.2) is 0 Å². The first-order valence-corrected chi connectivity index (χ1v) is 8.23. The molecule has 0 atom stereocenters. The van der Waals surface area contributed by atoms with Crippen LogP contribution in [0.3, 0.4) is 0 Å². The summed E-state index contributed by atoms with van der Waals surface area (Å²) in [5.41, 5.74) is -0.989. The van der Waals surface area contributed by atoms with E-state index >= 15 is 0 Å². The van der Waals surface area contributed by atoms with E-state index in [2.05, 4.69) is 10.1 Å². The summed E-state index contributed by atoms with van der Waals surface area (Å²) >= 11 is 1.64. The summed E-state index contributed by atoms with van der Waals surface area (Å²) in [4.78, 5) is 23.7. The second kappa shape index (κ2) is 7.63. The molecule has 1 aromatic carbocycles. The zero-order valence-corrected chi connectivity index (χ0v) is 13.1. The maximum atomic E-state index is 12.4. The lowest BCUT2D eigenvalue weighted by Crippen LogP contribution is -2.56. The standard InChI is InChI=1S/C15H17F2NO4S/c16-14(17)22-11-4-2-1-3-10(11)9-12(19)18-15(13(20)21)5-7-23-8-6-15/h1-4,14H,5-9H2,(H,18,19)(H,20,21). The zero-order chi connectivity index (χ0) is 16.9. The van der Waals surface area contributed by atoms with Crippen LogP contribution >= 0.6 is 11.8 Å². The predicted octanol–water partition coefficient (Wildman–Crippen LogP) is 2.30. The SMILES string of the molecule is O=C(Cc1ccccc1OC(F)F)NC1(C(=O)O)CCSCC1. The van der Waals surface area contributed by atoms with Crippen molar-refractivity contribution in [2.45, 2.75) is 31.4 Å². The number of benzene rings is 1. The fraction of sp³-hybridized carbons (Fsp3) is 0.467. The number of alkyl halides is 2. The number of para-hydroxylation sites is 1. The van der Waals surface area contributed by atoms with Crippen molar-refractivity contribution in [3.05, 3.63) is 29.8 Å². The normalized spacial score (nSPS) is 16.8. The number of aliphatic carboxylic acids is 1. The molecule has 8 heteroatoms. The number of carbonyl (C=O) groups excluding carboxylic acids is 1. The van der Waals surface area contributed by atoms with Gasteiger partial charge in [-0.05, 0) is 30.4 Å². The Bertz CT molecular complexity index is 576. The number of carbonyl (C=O) groups is 2. The van der Waals surface area contributed by atoms with Crippen molar-refractivity contribution in [2.24, 2.45) is 0 Å². The van der Waals surface area contributed by atoms with E-state index in [9.17, 15) is 23.5 Å². The van der Waals surface area contributed by atoms with Gasteiger partial charge in [-0.15, -0.1) is 0 Å². The van der Waals surface area contributed by atoms with Crippen molar-refractivity contribution in [3.8, 4) is 5.75 Å². The average molecular weight is 345 g/mol. The molecule has 0 saturated carbocycles. The Morgan fingerprint density at radius 2 is 1.96 bits per heavy atom. The zero-order valence-electron chi connectivity index (χ0n) is 12.3. The fourth-order valence-electron chi connectivity index (χ4n) is 2.46. The smallest absolute Gasteiger partial charge is 0.387 e. The molecule has 1 aromatic rings. The van der Waals surface area contributed by atoms with E-state index in [1.807, 2.05) is 0 Å². The molecule has 23 heavy (non-hydrogen) atoms. The molecule has 0 spiro atoms. The van der Waals surface area contributed by atoms with Crippen molar-refractivity contribution in [2.75, 3.05) is 11.5 Å². The van der Waals surface area contributed by atoms with Crippen molar-refractivity contribution >= 4 is 23.6 Å². The number of carboxylic acids is 1. The van der Waals surface area contributed by atoms with Crippen LogP contribution in [-0.2, 0) is 16.0 Å². The number of halogens is 2. The minimum absolute atomic E-state index is 0.0822. The molecule has 0 unspecified atom stereocenters. The third-order valence-corrected chi connectivity index (χ3v) is 4.66. The van der Waals surface area contributed by atoms with Crippen LogP contribution in [0.5, 0.6) is 5.75 Å². The van der Waals surface area contributed by atoms with Crippen molar-refractivity contribution in [1.82, 2.24) is 5.32 Å². The van der Waals surface area contributed by atoms with Crippen LogP contribution in [0.2, 0.25) is 0 Å². The van der Waals surface area contributed by atoms with Crippen molar-refractivity contribution in [1.29, 1.82) is 0 Å². The molecule has 1 saturated heterocycles. The highest BCUT2D eigenvalue weighted by molar-refractivity contribution is 7.99. The molecule has 1 fully saturated rings. The molecule has 0 aromatic heterocycles. The van der Waals surface area contributed by atoms with E-state index in [-0.39, 0.29) is 17.7 Å². The molecule has 0 bridgehead atoms. The van der Waals surface area contributed by atoms with Crippen LogP contribution in [0.4, 0.5) is 8.78 Å². The van der Waals surface area contributed by atoms with E-state index in [1.165, 1.54) is 18.2 Å². The second-order valence-electron chi connectivity index (χ2n) is 5.21. The summed E-state index contributed by atoms with van der Waals surface area (Å²) in [5, 5.41) is 12.0. The van der Waals surface area contributed by atoms with E-state index in [0.29, 0.717) is 24.3 Å². The minimum Gasteiger partial charge on any atom is -0.480 e. The van der Waals surface area contributed by atoms with Gasteiger partial charge in [-0.1, -0.05) is 18.2 Å². The number of nitrogens with one attached hydrogen (secondary N) is 1. The number of hydrogen-bond donors (Lipinski definition) is 2. The summed E-state index contributed by atoms with van der Waals surface area (Å²) in [6, 6.07) is 5.97. The fourth-order valence-corrected chi connectivity index (χ4v) is 3.65. The van der Waals surface area contributed by atoms with Gasteiger partial charge in [0.1, 0.15) is 11.3 Å². The number of thioether (sulfide) groups is 1. The van der Waals surface area contributed by atoms with Crippen LogP contribution in [0, 0.1) is 0 Å². The van der Waals surface area contributed by atoms with Gasteiger partial charge in [-0.25, -0.2) is 4.79 Å². The molecule has 126 valence electrons. The second-order valence-corrected chi connectivity index (χ2v) is 6.44. The number of rotatable bonds is 6. The topological polar surface area (TPSA) is 75.6 Å². The molecule has 1 aliphatic heterocycles. The monoisotopic (exact) mass is 345 g/mol. The van der Waals surface area contributed by atoms with Gasteiger partial charge < -0.3 is 15.2 Å². The van der Waals surface area contributed by atoms with Gasteiger partial charge in [-0.3, -0.25) is 4.79 Å². The molecule has 0 radical (unpaired) electrons. The van der Waals surface area contributed by atoms with Gasteiger partial charge >= 0.3 is 12.6 Å². The summed E-state index contributed by atoms with van der Waals surface area (Å²) in [6.45, 7) is -2.99. The molecular weight excluding hydrogens is 328 g/mol. The lowest BCUT2D eigenvalue weighted by atomic mass is 9.92. The molecule has 2 N–H and O–H groups in total. The van der Waals surface area contributed by atoms with Gasteiger partial charge in [0, 0.05) is 5.56 Å². The molecular formula is C15H17F2NO4S. The molecule has 0 aliphatic carbocycles. The highest BCUT2D eigenvalue weighted by Gasteiger charge is 2.41. The van der Waals surface area contributed by atoms with E-state index < -0.39 is 24.0 Å². The first-order valence-electron chi connectivity index (χ1n) is 7.08. The third-order valence-electron chi connectivity index (χ3n) is 3.67. The molecule has 1 heterocycles. The lowest BCUT2D eigenvalue weighted by Gasteiger charge is -2.33. The van der Waals surface area contributed by atoms with Crippen LogP contribution in [0.25, 0.3) is 0 Å². The van der Waals surface area contributed by atoms with Gasteiger partial charge in [0.25, 0.3) is 0 Å². The molecule has 1 amide bonds. The van der Waals surface area contributed by atoms with Crippen molar-refractivity contribution in [3.63, 3.8) is 0 Å². The minimum atomic E-state index is -2.99. The lowest BCUT2D eigenvalue weighted by molar-refractivity contribution is -0.148. The van der Waals surface area contributed by atoms with E-state index in [0.717, 1.165) is 0 Å². The Labute approximate surface area is 136 Å². The Morgan fingerprint density at radius 1 is 1.30 bits per heavy atom. The van der Waals surface area contributed by atoms with E-state index in [1.54, 1.807) is 17.8 Å². The predicted molar refractivity (Wildman–Crippen MR) is 81.8 cm³/mol. The molecule has 1 aliphatic rings. The van der Waals surface area contributed by atoms with E-state index in [4.69, 9.17) is 0 Å². The number of carboxylic acid groups (broad SMARTS) is 1. The number of hydrogen-bond acceptors (Lipinski definition) is 4. The number of amides is 1. The molecule has 2 rings (SSSR count). The van der Waals surface area contributed by atoms with Gasteiger partial charge in [0.2, 0.25) is 5.91 Å². The third kappa shape index (κ3) is 4.57. The highest BCUT2D eigenvalue weighted by Crippen LogP contribution is 2.28. The van der Waals surface area contributed by atoms with Gasteiger partial charge in [-0.2, -0.15) is 20.5 Å². The maximum absolute atomic E-state index is 12.4. The Balaban J connectivity index is 2.08. The molecule has 5 nitrogen and oxygen atoms in total. The van der Waals surface area contributed by atoms with Crippen LogP contribution in [-0.4, -0.2) is 40.6 Å². The maximum Gasteiger partial charge on any atom is 0.387 e. The van der Waals surface area contributed by atoms with Crippen LogP contribution in [0.1, 0.15) is 18.4 Å². The summed E-state index contributed by atoms with van der Waals surface area (Å²) < 4.78 is 29.1. The van der Waals surface area contributed by atoms with Crippen LogP contribution < -0.4 is 10.1 Å². The largest absolute Gasteiger partial charge is 0.480 e. The van der Waals surface area contributed by atoms with Crippen molar-refractivity contribution < 1.29 is 28.2 Å².